The van der Waals surface area contributed by atoms with Gasteiger partial charge in [0.2, 0.25) is 0 Å². The Morgan fingerprint density at radius 3 is 3.24 bits per heavy atom. The molecule has 0 amide bonds. The molecule has 17 heavy (non-hydrogen) atoms. The largest absolute Gasteiger partial charge is 0.356 e. The molecule has 2 aromatic rings. The van der Waals surface area contributed by atoms with E-state index in [2.05, 4.69) is 45.8 Å². The lowest BCUT2D eigenvalue weighted by molar-refractivity contribution is 0.469. The van der Waals surface area contributed by atoms with Crippen LogP contribution in [0.4, 0.5) is 5.00 Å². The van der Waals surface area contributed by atoms with Crippen LogP contribution in [0.3, 0.4) is 0 Å². The van der Waals surface area contributed by atoms with Gasteiger partial charge in [-0.2, -0.15) is 4.37 Å². The Morgan fingerprint density at radius 2 is 2.35 bits per heavy atom. The third-order valence-corrected chi connectivity index (χ3v) is 4.36. The third kappa shape index (κ3) is 1.91. The van der Waals surface area contributed by atoms with Crippen LogP contribution in [0, 0.1) is 0 Å². The van der Waals surface area contributed by atoms with E-state index in [1.165, 1.54) is 16.8 Å². The molecule has 1 fully saturated rings. The summed E-state index contributed by atoms with van der Waals surface area (Å²) in [6, 6.07) is 9.04. The molecule has 1 saturated heterocycles. The molecule has 1 N–H and O–H groups in total. The second-order valence-corrected chi connectivity index (χ2v) is 5.22. The minimum atomic E-state index is 0.604. The van der Waals surface area contributed by atoms with E-state index in [9.17, 15) is 0 Å². The van der Waals surface area contributed by atoms with Crippen molar-refractivity contribution in [2.45, 2.75) is 19.4 Å². The van der Waals surface area contributed by atoms with Crippen molar-refractivity contribution in [1.82, 2.24) is 9.69 Å². The van der Waals surface area contributed by atoms with Crippen LogP contribution < -0.4 is 10.2 Å². The van der Waals surface area contributed by atoms with E-state index < -0.39 is 0 Å². The topological polar surface area (TPSA) is 28.2 Å². The van der Waals surface area contributed by atoms with Crippen molar-refractivity contribution < 1.29 is 0 Å². The van der Waals surface area contributed by atoms with Gasteiger partial charge in [-0.25, -0.2) is 0 Å². The average Bonchev–Trinajstić information content (AvgIpc) is 2.82. The lowest BCUT2D eigenvalue weighted by atomic mass is 10.1. The summed E-state index contributed by atoms with van der Waals surface area (Å²) in [6.07, 6.45) is 1.18. The molecular formula is C13H17N3S. The minimum absolute atomic E-state index is 0.604. The van der Waals surface area contributed by atoms with Crippen LogP contribution in [0.1, 0.15) is 13.3 Å². The molecule has 1 aromatic carbocycles. The van der Waals surface area contributed by atoms with Crippen LogP contribution in [0.25, 0.3) is 10.9 Å². The van der Waals surface area contributed by atoms with E-state index in [-0.39, 0.29) is 0 Å². The molecule has 1 aromatic heterocycles. The maximum absolute atomic E-state index is 4.54. The Labute approximate surface area is 106 Å². The molecule has 2 heterocycles. The highest BCUT2D eigenvalue weighted by molar-refractivity contribution is 7.11. The van der Waals surface area contributed by atoms with Gasteiger partial charge in [0.05, 0.1) is 5.52 Å². The average molecular weight is 247 g/mol. The van der Waals surface area contributed by atoms with Gasteiger partial charge in [-0.15, -0.1) is 0 Å². The summed E-state index contributed by atoms with van der Waals surface area (Å²) in [7, 11) is 0. The Hall–Kier alpha value is -1.13. The summed E-state index contributed by atoms with van der Waals surface area (Å²) in [5, 5.41) is 6.11. The van der Waals surface area contributed by atoms with Crippen LogP contribution in [-0.2, 0) is 0 Å². The number of rotatable bonds is 2. The molecule has 0 radical (unpaired) electrons. The van der Waals surface area contributed by atoms with E-state index in [4.69, 9.17) is 0 Å². The first-order chi connectivity index (χ1) is 8.40. The second kappa shape index (κ2) is 4.63. The zero-order valence-electron chi connectivity index (χ0n) is 10.0. The van der Waals surface area contributed by atoms with Crippen LogP contribution in [0.5, 0.6) is 0 Å². The number of anilines is 1. The number of fused-ring (bicyclic) bond motifs is 1. The summed E-state index contributed by atoms with van der Waals surface area (Å²) in [5.74, 6) is 0. The second-order valence-electron chi connectivity index (χ2n) is 4.46. The third-order valence-electron chi connectivity index (χ3n) is 3.45. The first-order valence-corrected chi connectivity index (χ1v) is 6.99. The lowest BCUT2D eigenvalue weighted by Gasteiger charge is -2.36. The Balaban J connectivity index is 2.01. The Morgan fingerprint density at radius 1 is 1.47 bits per heavy atom. The molecule has 4 heteroatoms. The van der Waals surface area contributed by atoms with Crippen molar-refractivity contribution in [3.05, 3.63) is 24.3 Å². The summed E-state index contributed by atoms with van der Waals surface area (Å²) < 4.78 is 4.54. The van der Waals surface area contributed by atoms with Gasteiger partial charge in [0.15, 0.2) is 0 Å². The highest BCUT2D eigenvalue weighted by atomic mass is 32.1. The number of benzene rings is 1. The zero-order valence-corrected chi connectivity index (χ0v) is 10.8. The molecule has 1 atom stereocenters. The number of piperazine rings is 1. The molecule has 1 aliphatic heterocycles. The molecule has 1 aliphatic rings. The lowest BCUT2D eigenvalue weighted by Crippen LogP contribution is -2.50. The first-order valence-electron chi connectivity index (χ1n) is 6.22. The van der Waals surface area contributed by atoms with E-state index >= 15 is 0 Å². The maximum atomic E-state index is 4.54. The number of nitrogens with zero attached hydrogens (tertiary/aromatic N) is 2. The van der Waals surface area contributed by atoms with E-state index in [0.717, 1.165) is 25.2 Å². The Kier molecular flexibility index (Phi) is 2.99. The Bertz CT molecular complexity index is 508. The van der Waals surface area contributed by atoms with Gasteiger partial charge in [-0.1, -0.05) is 19.1 Å². The van der Waals surface area contributed by atoms with Crippen LogP contribution in [0.2, 0.25) is 0 Å². The number of hydrogen-bond acceptors (Lipinski definition) is 4. The molecule has 0 spiro atoms. The van der Waals surface area contributed by atoms with E-state index in [1.807, 2.05) is 0 Å². The van der Waals surface area contributed by atoms with Crippen LogP contribution >= 0.6 is 11.5 Å². The number of hydrogen-bond donors (Lipinski definition) is 1. The molecular weight excluding hydrogens is 230 g/mol. The van der Waals surface area contributed by atoms with Gasteiger partial charge in [0.25, 0.3) is 0 Å². The molecule has 3 nitrogen and oxygen atoms in total. The normalized spacial score (nSPS) is 21.0. The number of aromatic nitrogens is 1. The van der Waals surface area contributed by atoms with Crippen molar-refractivity contribution >= 4 is 27.4 Å². The monoisotopic (exact) mass is 247 g/mol. The highest BCUT2D eigenvalue weighted by Gasteiger charge is 2.23. The molecule has 1 unspecified atom stereocenters. The molecule has 3 rings (SSSR count). The zero-order chi connectivity index (χ0) is 11.7. The fourth-order valence-electron chi connectivity index (χ4n) is 2.48. The van der Waals surface area contributed by atoms with Gasteiger partial charge in [-0.3, -0.25) is 0 Å². The standard InChI is InChI=1S/C13H17N3S/c1-2-10-9-14-7-8-16(10)13-11-5-3-4-6-12(11)15-17-13/h3-6,10,14H,2,7-9H2,1H3. The fourth-order valence-corrected chi connectivity index (χ4v) is 3.44. The summed E-state index contributed by atoms with van der Waals surface area (Å²) in [4.78, 5) is 2.52. The van der Waals surface area contributed by atoms with Crippen molar-refractivity contribution in [3.63, 3.8) is 0 Å². The highest BCUT2D eigenvalue weighted by Crippen LogP contribution is 2.33. The van der Waals surface area contributed by atoms with Gasteiger partial charge in [-0.05, 0) is 30.1 Å². The fraction of sp³-hybridized carbons (Fsp3) is 0.462. The van der Waals surface area contributed by atoms with Gasteiger partial charge in [0, 0.05) is 31.1 Å². The summed E-state index contributed by atoms with van der Waals surface area (Å²) in [5.41, 5.74) is 1.13. The quantitative estimate of drug-likeness (QED) is 0.883. The molecule has 90 valence electrons. The van der Waals surface area contributed by atoms with E-state index in [0.29, 0.717) is 6.04 Å². The summed E-state index contributed by atoms with van der Waals surface area (Å²) >= 11 is 1.64. The van der Waals surface area contributed by atoms with E-state index in [1.54, 1.807) is 11.5 Å². The predicted octanol–water partition coefficient (Wildman–Crippen LogP) is 2.48. The molecule has 0 bridgehead atoms. The van der Waals surface area contributed by atoms with Crippen LogP contribution in [0.15, 0.2) is 24.3 Å². The maximum Gasteiger partial charge on any atom is 0.120 e. The predicted molar refractivity (Wildman–Crippen MR) is 73.9 cm³/mol. The van der Waals surface area contributed by atoms with Crippen molar-refractivity contribution in [3.8, 4) is 0 Å². The van der Waals surface area contributed by atoms with Gasteiger partial charge >= 0.3 is 0 Å². The first kappa shape index (κ1) is 11.0. The minimum Gasteiger partial charge on any atom is -0.356 e. The van der Waals surface area contributed by atoms with Crippen molar-refractivity contribution in [2.24, 2.45) is 0 Å². The van der Waals surface area contributed by atoms with Crippen molar-refractivity contribution in [2.75, 3.05) is 24.5 Å². The van der Waals surface area contributed by atoms with Gasteiger partial charge < -0.3 is 10.2 Å². The summed E-state index contributed by atoms with van der Waals surface area (Å²) in [6.45, 7) is 5.50. The van der Waals surface area contributed by atoms with Gasteiger partial charge in [0.1, 0.15) is 5.00 Å². The molecule has 0 aliphatic carbocycles. The number of nitrogens with one attached hydrogen (secondary N) is 1. The van der Waals surface area contributed by atoms with Crippen LogP contribution in [-0.4, -0.2) is 30.0 Å². The SMILES string of the molecule is CCC1CNCCN1c1snc2ccccc12. The van der Waals surface area contributed by atoms with Crippen molar-refractivity contribution in [1.29, 1.82) is 0 Å². The molecule has 0 saturated carbocycles. The smallest absolute Gasteiger partial charge is 0.120 e.